The molecule has 0 aromatic heterocycles. The Balaban J connectivity index is 2.90. The predicted molar refractivity (Wildman–Crippen MR) is 68.1 cm³/mol. The van der Waals surface area contributed by atoms with Crippen molar-refractivity contribution in [1.29, 1.82) is 0 Å². The molecule has 0 bridgehead atoms. The third kappa shape index (κ3) is 2.85. The lowest BCUT2D eigenvalue weighted by atomic mass is 9.66. The minimum atomic E-state index is -1.39. The first kappa shape index (κ1) is 15.0. The first-order valence-electron chi connectivity index (χ1n) is 6.87. The Kier molecular flexibility index (Phi) is 5.17. The molecule has 0 spiro atoms. The second-order valence-electron chi connectivity index (χ2n) is 5.37. The third-order valence-corrected chi connectivity index (χ3v) is 4.32. The summed E-state index contributed by atoms with van der Waals surface area (Å²) in [6.45, 7) is 5.58. The molecular weight excluding hydrogens is 232 g/mol. The second-order valence-corrected chi connectivity index (χ2v) is 5.37. The Labute approximate surface area is 109 Å². The Bertz CT molecular complexity index is 313. The molecule has 1 rings (SSSR count). The summed E-state index contributed by atoms with van der Waals surface area (Å²) in [5, 5.41) is 9.44. The summed E-state index contributed by atoms with van der Waals surface area (Å²) in [5.41, 5.74) is -1.39. The van der Waals surface area contributed by atoms with Crippen molar-refractivity contribution in [3.05, 3.63) is 0 Å². The van der Waals surface area contributed by atoms with Crippen LogP contribution in [0.25, 0.3) is 0 Å². The Hall–Kier alpha value is -1.06. The molecule has 1 fully saturated rings. The summed E-state index contributed by atoms with van der Waals surface area (Å²) in [6.07, 6.45) is 4.82. The van der Waals surface area contributed by atoms with E-state index < -0.39 is 17.4 Å². The second kappa shape index (κ2) is 6.21. The number of carbonyl (C=O) groups excluding carboxylic acids is 1. The SMILES string of the molecule is CCOC(=O)C(C)(C(=O)O)C1CCCC(CC)C1. The number of carbonyl (C=O) groups is 2. The molecule has 0 aliphatic heterocycles. The molecule has 4 nitrogen and oxygen atoms in total. The Morgan fingerprint density at radius 2 is 2.00 bits per heavy atom. The van der Waals surface area contributed by atoms with Gasteiger partial charge in [0.25, 0.3) is 0 Å². The predicted octanol–water partition coefficient (Wildman–Crippen LogP) is 2.86. The topological polar surface area (TPSA) is 63.6 Å². The summed E-state index contributed by atoms with van der Waals surface area (Å²) in [5.74, 6) is -1.20. The van der Waals surface area contributed by atoms with E-state index in [0.717, 1.165) is 32.1 Å². The molecule has 3 unspecified atom stereocenters. The van der Waals surface area contributed by atoms with Gasteiger partial charge in [0.15, 0.2) is 5.41 Å². The van der Waals surface area contributed by atoms with Crippen molar-refractivity contribution in [3.8, 4) is 0 Å². The first-order chi connectivity index (χ1) is 8.46. The van der Waals surface area contributed by atoms with Crippen molar-refractivity contribution in [2.24, 2.45) is 17.3 Å². The van der Waals surface area contributed by atoms with Gasteiger partial charge in [0.1, 0.15) is 0 Å². The zero-order valence-electron chi connectivity index (χ0n) is 11.6. The minimum Gasteiger partial charge on any atom is -0.480 e. The van der Waals surface area contributed by atoms with E-state index in [1.807, 2.05) is 0 Å². The zero-order chi connectivity index (χ0) is 13.8. The van der Waals surface area contributed by atoms with Crippen LogP contribution in [0.15, 0.2) is 0 Å². The average molecular weight is 256 g/mol. The number of carboxylic acids is 1. The van der Waals surface area contributed by atoms with Gasteiger partial charge in [-0.25, -0.2) is 0 Å². The molecular formula is C14H24O4. The fourth-order valence-corrected chi connectivity index (χ4v) is 2.90. The number of esters is 1. The van der Waals surface area contributed by atoms with Crippen LogP contribution in [0, 0.1) is 17.3 Å². The standard InChI is InChI=1S/C14H24O4/c1-4-10-7-6-8-11(9-10)14(3,12(15)16)13(17)18-5-2/h10-11H,4-9H2,1-3H3,(H,15,16). The summed E-state index contributed by atoms with van der Waals surface area (Å²) >= 11 is 0. The van der Waals surface area contributed by atoms with Crippen LogP contribution >= 0.6 is 0 Å². The molecule has 0 radical (unpaired) electrons. The highest BCUT2D eigenvalue weighted by Gasteiger charge is 2.50. The molecule has 18 heavy (non-hydrogen) atoms. The number of carboxylic acid groups (broad SMARTS) is 1. The molecule has 0 amide bonds. The van der Waals surface area contributed by atoms with E-state index in [2.05, 4.69) is 6.92 Å². The van der Waals surface area contributed by atoms with Gasteiger partial charge in [0.2, 0.25) is 0 Å². The van der Waals surface area contributed by atoms with Gasteiger partial charge in [0, 0.05) is 0 Å². The lowest BCUT2D eigenvalue weighted by Gasteiger charge is -2.37. The smallest absolute Gasteiger partial charge is 0.323 e. The molecule has 1 saturated carbocycles. The van der Waals surface area contributed by atoms with E-state index in [1.165, 1.54) is 6.92 Å². The van der Waals surface area contributed by atoms with Crippen molar-refractivity contribution in [3.63, 3.8) is 0 Å². The quantitative estimate of drug-likeness (QED) is 0.607. The summed E-state index contributed by atoms with van der Waals surface area (Å²) in [4.78, 5) is 23.5. The van der Waals surface area contributed by atoms with Crippen LogP contribution in [0.5, 0.6) is 0 Å². The van der Waals surface area contributed by atoms with Crippen LogP contribution < -0.4 is 0 Å². The molecule has 4 heteroatoms. The van der Waals surface area contributed by atoms with Crippen LogP contribution in [-0.4, -0.2) is 23.7 Å². The van der Waals surface area contributed by atoms with E-state index in [-0.39, 0.29) is 12.5 Å². The molecule has 1 aliphatic carbocycles. The largest absolute Gasteiger partial charge is 0.480 e. The van der Waals surface area contributed by atoms with Crippen LogP contribution in [0.4, 0.5) is 0 Å². The minimum absolute atomic E-state index is 0.104. The molecule has 0 saturated heterocycles. The molecule has 0 aromatic rings. The highest BCUT2D eigenvalue weighted by Crippen LogP contribution is 2.42. The molecule has 104 valence electrons. The Morgan fingerprint density at radius 1 is 1.33 bits per heavy atom. The average Bonchev–Trinajstić information content (AvgIpc) is 2.37. The van der Waals surface area contributed by atoms with Gasteiger partial charge in [-0.3, -0.25) is 9.59 Å². The van der Waals surface area contributed by atoms with Gasteiger partial charge in [-0.2, -0.15) is 0 Å². The zero-order valence-corrected chi connectivity index (χ0v) is 11.6. The van der Waals surface area contributed by atoms with E-state index in [9.17, 15) is 14.7 Å². The van der Waals surface area contributed by atoms with Crippen molar-refractivity contribution >= 4 is 11.9 Å². The number of hydrogen-bond donors (Lipinski definition) is 1. The monoisotopic (exact) mass is 256 g/mol. The summed E-state index contributed by atoms with van der Waals surface area (Å²) in [7, 11) is 0. The molecule has 1 aliphatic rings. The van der Waals surface area contributed by atoms with Crippen LogP contribution in [0.1, 0.15) is 52.9 Å². The van der Waals surface area contributed by atoms with Gasteiger partial charge in [0.05, 0.1) is 6.61 Å². The van der Waals surface area contributed by atoms with Gasteiger partial charge < -0.3 is 9.84 Å². The highest BCUT2D eigenvalue weighted by molar-refractivity contribution is 5.99. The van der Waals surface area contributed by atoms with Crippen molar-refractivity contribution in [2.75, 3.05) is 6.61 Å². The normalized spacial score (nSPS) is 27.3. The maximum Gasteiger partial charge on any atom is 0.323 e. The number of ether oxygens (including phenoxy) is 1. The highest BCUT2D eigenvalue weighted by atomic mass is 16.5. The van der Waals surface area contributed by atoms with Crippen molar-refractivity contribution in [1.82, 2.24) is 0 Å². The lowest BCUT2D eigenvalue weighted by molar-refractivity contribution is -0.173. The van der Waals surface area contributed by atoms with E-state index >= 15 is 0 Å². The van der Waals surface area contributed by atoms with Gasteiger partial charge in [-0.1, -0.05) is 26.2 Å². The summed E-state index contributed by atoms with van der Waals surface area (Å²) < 4.78 is 4.97. The number of rotatable bonds is 5. The molecule has 0 aromatic carbocycles. The maximum absolute atomic E-state index is 12.0. The molecule has 3 atom stereocenters. The Morgan fingerprint density at radius 3 is 2.50 bits per heavy atom. The van der Waals surface area contributed by atoms with E-state index in [0.29, 0.717) is 5.92 Å². The van der Waals surface area contributed by atoms with E-state index in [4.69, 9.17) is 4.74 Å². The van der Waals surface area contributed by atoms with Crippen molar-refractivity contribution < 1.29 is 19.4 Å². The third-order valence-electron chi connectivity index (χ3n) is 4.32. The first-order valence-corrected chi connectivity index (χ1v) is 6.87. The number of aliphatic carboxylic acids is 1. The lowest BCUT2D eigenvalue weighted by Crippen LogP contribution is -2.46. The van der Waals surface area contributed by atoms with E-state index in [1.54, 1.807) is 6.92 Å². The maximum atomic E-state index is 12.0. The molecule has 0 heterocycles. The number of hydrogen-bond acceptors (Lipinski definition) is 3. The fraction of sp³-hybridized carbons (Fsp3) is 0.857. The van der Waals surface area contributed by atoms with Crippen molar-refractivity contribution in [2.45, 2.75) is 52.9 Å². The van der Waals surface area contributed by atoms with Gasteiger partial charge in [-0.15, -0.1) is 0 Å². The van der Waals surface area contributed by atoms with Gasteiger partial charge in [-0.05, 0) is 38.5 Å². The van der Waals surface area contributed by atoms with Crippen LogP contribution in [0.2, 0.25) is 0 Å². The van der Waals surface area contributed by atoms with Crippen LogP contribution in [0.3, 0.4) is 0 Å². The molecule has 1 N–H and O–H groups in total. The summed E-state index contributed by atoms with van der Waals surface area (Å²) in [6, 6.07) is 0. The van der Waals surface area contributed by atoms with Gasteiger partial charge >= 0.3 is 11.9 Å². The van der Waals surface area contributed by atoms with Crippen LogP contribution in [-0.2, 0) is 14.3 Å². The fourth-order valence-electron chi connectivity index (χ4n) is 2.90.